The Bertz CT molecular complexity index is 1490. The third-order valence-corrected chi connectivity index (χ3v) is 14.0. The molecule has 0 bridgehead atoms. The number of carbonyl (C=O) groups is 7. The van der Waals surface area contributed by atoms with Crippen molar-refractivity contribution in [3.63, 3.8) is 0 Å². The molecule has 0 saturated carbocycles. The van der Waals surface area contributed by atoms with Crippen LogP contribution in [0.5, 0.6) is 0 Å². The molecule has 454 valence electrons. The van der Waals surface area contributed by atoms with Crippen molar-refractivity contribution < 1.29 is 76.2 Å². The summed E-state index contributed by atoms with van der Waals surface area (Å²) in [5.41, 5.74) is 0. The second-order valence-corrected chi connectivity index (χ2v) is 21.2. The summed E-state index contributed by atoms with van der Waals surface area (Å²) in [6.07, 6.45) is 23.4. The van der Waals surface area contributed by atoms with E-state index in [1.807, 2.05) is 4.90 Å². The maximum atomic E-state index is 13.8. The van der Waals surface area contributed by atoms with E-state index in [-0.39, 0.29) is 115 Å². The van der Waals surface area contributed by atoms with E-state index < -0.39 is 42.0 Å². The molecule has 0 N–H and O–H groups in total. The quantitative estimate of drug-likeness (QED) is 0.0315. The first-order valence-corrected chi connectivity index (χ1v) is 30.5. The molecule has 1 heterocycles. The molecule has 0 radical (unpaired) electrons. The monoisotopic (exact) mass is 1110 g/mol. The summed E-state index contributed by atoms with van der Waals surface area (Å²) >= 11 is 0. The van der Waals surface area contributed by atoms with Crippen molar-refractivity contribution in [2.24, 2.45) is 11.8 Å². The summed E-state index contributed by atoms with van der Waals surface area (Å²) in [6.45, 7) is 10.3. The third kappa shape index (κ3) is 40.2. The smallest absolute Gasteiger partial charge is 0.410 e. The Morgan fingerprint density at radius 2 is 0.769 bits per heavy atom. The number of amides is 1. The van der Waals surface area contributed by atoms with Crippen LogP contribution < -0.4 is 0 Å². The summed E-state index contributed by atoms with van der Waals surface area (Å²) in [5.74, 6) is -4.17. The number of hydrogen-bond donors (Lipinski definition) is 0. The minimum Gasteiger partial charge on any atom is -0.465 e. The number of hydrogen-bond acceptors (Lipinski definition) is 17. The molecular weight excluding hydrogens is 1000 g/mol. The zero-order valence-electron chi connectivity index (χ0n) is 49.6. The molecule has 1 amide bonds. The van der Waals surface area contributed by atoms with Gasteiger partial charge in [-0.25, -0.2) is 4.79 Å². The van der Waals surface area contributed by atoms with Crippen LogP contribution in [0.1, 0.15) is 227 Å². The Morgan fingerprint density at radius 1 is 0.423 bits per heavy atom. The van der Waals surface area contributed by atoms with Crippen molar-refractivity contribution in [1.82, 2.24) is 9.80 Å². The van der Waals surface area contributed by atoms with Crippen molar-refractivity contribution in [3.05, 3.63) is 0 Å². The molecular formula is C60H108N2O16. The average Bonchev–Trinajstić information content (AvgIpc) is 3.84. The van der Waals surface area contributed by atoms with Gasteiger partial charge >= 0.3 is 41.9 Å². The lowest BCUT2D eigenvalue weighted by Gasteiger charge is -2.25. The normalized spacial score (nSPS) is 14.2. The minimum atomic E-state index is -0.815. The number of esters is 6. The lowest BCUT2D eigenvalue weighted by atomic mass is 10.1. The molecule has 1 rings (SSSR count). The minimum absolute atomic E-state index is 0.0351. The van der Waals surface area contributed by atoms with Gasteiger partial charge in [-0.15, -0.1) is 0 Å². The molecule has 0 unspecified atom stereocenters. The fraction of sp³-hybridized carbons (Fsp3) is 0.883. The number of methoxy groups -OCH3 is 2. The molecule has 1 saturated heterocycles. The van der Waals surface area contributed by atoms with Gasteiger partial charge < -0.3 is 42.6 Å². The highest BCUT2D eigenvalue weighted by Gasteiger charge is 2.39. The lowest BCUT2D eigenvalue weighted by Crippen LogP contribution is -2.41. The molecule has 78 heavy (non-hydrogen) atoms. The zero-order valence-corrected chi connectivity index (χ0v) is 49.6. The Labute approximate surface area is 470 Å². The van der Waals surface area contributed by atoms with Gasteiger partial charge in [0.2, 0.25) is 0 Å². The predicted octanol–water partition coefficient (Wildman–Crippen LogP) is 11.4. The van der Waals surface area contributed by atoms with Crippen LogP contribution in [0.3, 0.4) is 0 Å². The van der Waals surface area contributed by atoms with Gasteiger partial charge in [-0.05, 0) is 25.7 Å². The van der Waals surface area contributed by atoms with Crippen LogP contribution in [-0.4, -0.2) is 157 Å². The van der Waals surface area contributed by atoms with Crippen LogP contribution in [0.15, 0.2) is 0 Å². The van der Waals surface area contributed by atoms with Crippen molar-refractivity contribution in [2.75, 3.05) is 93.3 Å². The van der Waals surface area contributed by atoms with Gasteiger partial charge in [-0.2, -0.15) is 0 Å². The van der Waals surface area contributed by atoms with Gasteiger partial charge in [0.25, 0.3) is 0 Å². The lowest BCUT2D eigenvalue weighted by molar-refractivity contribution is -0.157. The van der Waals surface area contributed by atoms with E-state index in [1.54, 1.807) is 14.2 Å². The molecule has 18 nitrogen and oxygen atoms in total. The fourth-order valence-corrected chi connectivity index (χ4v) is 9.08. The molecule has 0 aromatic rings. The van der Waals surface area contributed by atoms with Gasteiger partial charge in [0.1, 0.15) is 19.3 Å². The summed E-state index contributed by atoms with van der Waals surface area (Å²) < 4.78 is 50.4. The molecule has 1 aliphatic heterocycles. The van der Waals surface area contributed by atoms with Crippen molar-refractivity contribution >= 4 is 41.9 Å². The molecule has 0 aromatic carbocycles. The highest BCUT2D eigenvalue weighted by molar-refractivity contribution is 5.73. The third-order valence-electron chi connectivity index (χ3n) is 14.0. The van der Waals surface area contributed by atoms with E-state index in [1.165, 1.54) is 4.90 Å². The van der Waals surface area contributed by atoms with Crippen LogP contribution in [0.25, 0.3) is 0 Å². The van der Waals surface area contributed by atoms with Gasteiger partial charge in [-0.1, -0.05) is 156 Å². The van der Waals surface area contributed by atoms with Crippen molar-refractivity contribution in [3.8, 4) is 0 Å². The first-order valence-electron chi connectivity index (χ1n) is 30.5. The molecule has 2 atom stereocenters. The van der Waals surface area contributed by atoms with Gasteiger partial charge in [-0.3, -0.25) is 38.6 Å². The summed E-state index contributed by atoms with van der Waals surface area (Å²) in [7, 11) is 3.22. The van der Waals surface area contributed by atoms with E-state index in [4.69, 9.17) is 42.6 Å². The maximum absolute atomic E-state index is 13.8. The number of ether oxygens (including phenoxy) is 9. The number of rotatable bonds is 52. The molecule has 0 aromatic heterocycles. The number of unbranched alkanes of at least 4 members (excludes halogenated alkanes) is 20. The van der Waals surface area contributed by atoms with E-state index >= 15 is 0 Å². The molecule has 1 fully saturated rings. The Morgan fingerprint density at radius 3 is 1.14 bits per heavy atom. The van der Waals surface area contributed by atoms with Gasteiger partial charge in [0.15, 0.2) is 0 Å². The highest BCUT2D eigenvalue weighted by atomic mass is 16.6. The Kier molecular flexibility index (Phi) is 46.1. The molecule has 1 aliphatic rings. The predicted molar refractivity (Wildman–Crippen MR) is 300 cm³/mol. The van der Waals surface area contributed by atoms with Crippen molar-refractivity contribution in [2.45, 2.75) is 239 Å². The topological polar surface area (TPSA) is 209 Å². The Balaban J connectivity index is 3.16. The van der Waals surface area contributed by atoms with E-state index in [0.29, 0.717) is 58.5 Å². The van der Waals surface area contributed by atoms with Crippen LogP contribution in [0, 0.1) is 11.8 Å². The van der Waals surface area contributed by atoms with Gasteiger partial charge in [0, 0.05) is 77.8 Å². The number of carbonyl (C=O) groups excluding carboxylic acids is 7. The standard InChI is InChI=1S/C60H108N2O16/c1-7-11-15-19-23-27-31-54(63)73-45-50(46-74-55(64)32-28-24-20-16-12-8-2)41-58(67)77-49-52-43-53(44-62(52)60(69)72-40-37-61(35-38-70-5)36-39-71-6)78-59(68)42-51(47-75-56(65)33-29-25-21-17-13-9-3)48-76-57(66)34-30-26-22-18-14-10-4/h50-53H,7-49H2,1-6H3/t52-,53+/m0/s1. The Hall–Kier alpha value is -4.03. The second-order valence-electron chi connectivity index (χ2n) is 21.2. The van der Waals surface area contributed by atoms with E-state index in [2.05, 4.69) is 27.7 Å². The largest absolute Gasteiger partial charge is 0.465 e. The maximum Gasteiger partial charge on any atom is 0.410 e. The average molecular weight is 1110 g/mol. The molecule has 18 heteroatoms. The second kappa shape index (κ2) is 50.0. The SMILES string of the molecule is CCCCCCCCC(=O)OCC(COC(=O)CCCCCCCC)CC(=O)OC[C@@H]1C[C@@H](OC(=O)CC(COC(=O)CCCCCCCC)COC(=O)CCCCCCCC)CN1C(=O)OCCN(CCOC)CCOC. The summed E-state index contributed by atoms with van der Waals surface area (Å²) in [6, 6.07) is -0.747. The van der Waals surface area contributed by atoms with E-state index in [0.717, 1.165) is 128 Å². The van der Waals surface area contributed by atoms with Crippen LogP contribution in [0.2, 0.25) is 0 Å². The van der Waals surface area contributed by atoms with Crippen LogP contribution in [0.4, 0.5) is 4.79 Å². The van der Waals surface area contributed by atoms with Crippen molar-refractivity contribution in [1.29, 1.82) is 0 Å². The fourth-order valence-electron chi connectivity index (χ4n) is 9.08. The molecule has 0 spiro atoms. The number of likely N-dealkylation sites (tertiary alicyclic amines) is 1. The van der Waals surface area contributed by atoms with Crippen LogP contribution >= 0.6 is 0 Å². The first-order chi connectivity index (χ1) is 37.9. The summed E-state index contributed by atoms with van der Waals surface area (Å²) in [4.78, 5) is 95.6. The first kappa shape index (κ1) is 72.0. The van der Waals surface area contributed by atoms with Gasteiger partial charge in [0.05, 0.1) is 65.1 Å². The number of nitrogens with zero attached hydrogens (tertiary/aromatic N) is 2. The summed E-state index contributed by atoms with van der Waals surface area (Å²) in [5, 5.41) is 0. The van der Waals surface area contributed by atoms with E-state index in [9.17, 15) is 33.6 Å². The van der Waals surface area contributed by atoms with Crippen LogP contribution in [-0.2, 0) is 71.4 Å². The zero-order chi connectivity index (χ0) is 57.3. The molecule has 0 aliphatic carbocycles. The highest BCUT2D eigenvalue weighted by Crippen LogP contribution is 2.24.